The summed E-state index contributed by atoms with van der Waals surface area (Å²) >= 11 is 1.78. The highest BCUT2D eigenvalue weighted by Crippen LogP contribution is 2.34. The van der Waals surface area contributed by atoms with Crippen LogP contribution in [0.1, 0.15) is 11.1 Å². The van der Waals surface area contributed by atoms with Crippen molar-refractivity contribution in [1.82, 2.24) is 0 Å². The molecule has 0 unspecified atom stereocenters. The average molecular weight is 469 g/mol. The second-order valence-corrected chi connectivity index (χ2v) is 9.64. The maximum Gasteiger partial charge on any atom is 0.320 e. The van der Waals surface area contributed by atoms with E-state index in [1.807, 2.05) is 30.3 Å². The summed E-state index contributed by atoms with van der Waals surface area (Å²) in [5, 5.41) is 3.44. The van der Waals surface area contributed by atoms with Gasteiger partial charge in [0.25, 0.3) is 0 Å². The van der Waals surface area contributed by atoms with Crippen LogP contribution in [0.5, 0.6) is 11.5 Å². The van der Waals surface area contributed by atoms with Crippen molar-refractivity contribution in [2.24, 2.45) is 0 Å². The predicted octanol–water partition coefficient (Wildman–Crippen LogP) is 7.86. The molecule has 0 N–H and O–H groups in total. The van der Waals surface area contributed by atoms with Crippen molar-refractivity contribution in [2.75, 3.05) is 4.81 Å². The van der Waals surface area contributed by atoms with E-state index in [1.54, 1.807) is 11.3 Å². The molecule has 6 rings (SSSR count). The quantitative estimate of drug-likeness (QED) is 0.243. The fourth-order valence-electron chi connectivity index (χ4n) is 4.69. The number of fused-ring (bicyclic) bond motifs is 1. The van der Waals surface area contributed by atoms with Gasteiger partial charge in [-0.25, -0.2) is 0 Å². The highest BCUT2D eigenvalue weighted by Gasteiger charge is 2.30. The minimum absolute atomic E-state index is 0.0928. The van der Waals surface area contributed by atoms with Crippen LogP contribution >= 0.6 is 11.3 Å². The van der Waals surface area contributed by atoms with Crippen LogP contribution in [0.25, 0.3) is 15.8 Å². The Labute approximate surface area is 210 Å². The molecule has 168 valence electrons. The Bertz CT molecular complexity index is 1540. The lowest BCUT2D eigenvalue weighted by Gasteiger charge is -2.35. The molecular formula is C31H24BNOS. The minimum atomic E-state index is 0.0928. The Balaban J connectivity index is 1.42. The van der Waals surface area contributed by atoms with Crippen molar-refractivity contribution >= 4 is 45.1 Å². The highest BCUT2D eigenvalue weighted by molar-refractivity contribution is 7.17. The van der Waals surface area contributed by atoms with Crippen molar-refractivity contribution in [3.05, 3.63) is 138 Å². The molecule has 0 saturated heterocycles. The van der Waals surface area contributed by atoms with Crippen molar-refractivity contribution in [3.8, 4) is 11.5 Å². The van der Waals surface area contributed by atoms with Gasteiger partial charge in [0.05, 0.1) is 0 Å². The van der Waals surface area contributed by atoms with Crippen molar-refractivity contribution < 1.29 is 4.74 Å². The zero-order valence-corrected chi connectivity index (χ0v) is 20.3. The van der Waals surface area contributed by atoms with E-state index < -0.39 is 0 Å². The normalized spacial score (nSPS) is 13.2. The summed E-state index contributed by atoms with van der Waals surface area (Å²) in [5.41, 5.74) is 6.11. The van der Waals surface area contributed by atoms with Gasteiger partial charge in [-0.3, -0.25) is 0 Å². The molecule has 0 bridgehead atoms. The van der Waals surface area contributed by atoms with Crippen LogP contribution < -0.4 is 15.0 Å². The Morgan fingerprint density at radius 3 is 2.37 bits per heavy atom. The molecule has 4 heteroatoms. The SMILES string of the molecule is Cc1ccccc1B1C=CC=C(c2ccc3sccc3c2)N1c1ccc(Oc2ccccc2)cc1. The zero-order valence-electron chi connectivity index (χ0n) is 19.5. The number of rotatable bonds is 5. The van der Waals surface area contributed by atoms with Gasteiger partial charge in [0, 0.05) is 16.1 Å². The molecule has 0 fully saturated rings. The van der Waals surface area contributed by atoms with E-state index in [2.05, 4.69) is 108 Å². The van der Waals surface area contributed by atoms with Crippen molar-refractivity contribution in [2.45, 2.75) is 6.92 Å². The molecule has 0 amide bonds. The fourth-order valence-corrected chi connectivity index (χ4v) is 5.46. The molecule has 2 nitrogen and oxygen atoms in total. The number of hydrogen-bond acceptors (Lipinski definition) is 3. The van der Waals surface area contributed by atoms with Gasteiger partial charge in [0.15, 0.2) is 0 Å². The number of nitrogens with zero attached hydrogens (tertiary/aromatic N) is 1. The first-order chi connectivity index (χ1) is 17.3. The van der Waals surface area contributed by atoms with Gasteiger partial charge in [-0.05, 0) is 89.4 Å². The maximum atomic E-state index is 6.06. The molecule has 0 radical (unpaired) electrons. The van der Waals surface area contributed by atoms with Crippen LogP contribution in [-0.2, 0) is 0 Å². The lowest BCUT2D eigenvalue weighted by molar-refractivity contribution is 0.483. The molecule has 5 aromatic rings. The number of hydrogen-bond donors (Lipinski definition) is 0. The van der Waals surface area contributed by atoms with Gasteiger partial charge in [-0.2, -0.15) is 0 Å². The van der Waals surface area contributed by atoms with Gasteiger partial charge >= 0.3 is 6.85 Å². The van der Waals surface area contributed by atoms with Gasteiger partial charge in [-0.15, -0.1) is 11.3 Å². The largest absolute Gasteiger partial charge is 0.457 e. The third-order valence-corrected chi connectivity index (χ3v) is 7.33. The Morgan fingerprint density at radius 2 is 1.54 bits per heavy atom. The first-order valence-corrected chi connectivity index (χ1v) is 12.7. The molecule has 0 saturated carbocycles. The second-order valence-electron chi connectivity index (χ2n) is 8.69. The van der Waals surface area contributed by atoms with Gasteiger partial charge in [0.1, 0.15) is 11.5 Å². The van der Waals surface area contributed by atoms with Gasteiger partial charge in [0.2, 0.25) is 0 Å². The van der Waals surface area contributed by atoms with Crippen LogP contribution in [-0.4, -0.2) is 6.85 Å². The Hall–Kier alpha value is -4.02. The Morgan fingerprint density at radius 1 is 0.771 bits per heavy atom. The number of allylic oxidation sites excluding steroid dienone is 2. The molecule has 0 atom stereocenters. The minimum Gasteiger partial charge on any atom is -0.457 e. The zero-order chi connectivity index (χ0) is 23.6. The van der Waals surface area contributed by atoms with Crippen LogP contribution in [0.4, 0.5) is 5.69 Å². The van der Waals surface area contributed by atoms with Crippen LogP contribution in [0.3, 0.4) is 0 Å². The number of aryl methyl sites for hydroxylation is 1. The molecular weight excluding hydrogens is 445 g/mol. The summed E-state index contributed by atoms with van der Waals surface area (Å²) in [7, 11) is 0. The van der Waals surface area contributed by atoms with Crippen LogP contribution in [0.15, 0.2) is 127 Å². The number of para-hydroxylation sites is 1. The fraction of sp³-hybridized carbons (Fsp3) is 0.0323. The van der Waals surface area contributed by atoms with E-state index in [9.17, 15) is 0 Å². The van der Waals surface area contributed by atoms with Crippen molar-refractivity contribution in [3.63, 3.8) is 0 Å². The lowest BCUT2D eigenvalue weighted by atomic mass is 9.51. The monoisotopic (exact) mass is 469 g/mol. The number of anilines is 1. The van der Waals surface area contributed by atoms with Crippen LogP contribution in [0.2, 0.25) is 0 Å². The first kappa shape index (κ1) is 21.5. The highest BCUT2D eigenvalue weighted by atomic mass is 32.1. The molecule has 4 aromatic carbocycles. The lowest BCUT2D eigenvalue weighted by Crippen LogP contribution is -2.48. The first-order valence-electron chi connectivity index (χ1n) is 11.8. The topological polar surface area (TPSA) is 12.5 Å². The van der Waals surface area contributed by atoms with E-state index >= 15 is 0 Å². The van der Waals surface area contributed by atoms with Gasteiger partial charge in [-0.1, -0.05) is 66.1 Å². The Kier molecular flexibility index (Phi) is 5.73. The van der Waals surface area contributed by atoms with Crippen LogP contribution in [0, 0.1) is 6.92 Å². The standard InChI is InChI=1S/C31H24BNOS/c1-23-8-5-6-11-29(23)32-20-7-12-30(24-13-18-31-25(22-24)19-21-35-31)33(32)26-14-16-28(17-15-26)34-27-9-3-2-4-10-27/h2-22H,1H3. The molecule has 1 aromatic heterocycles. The summed E-state index contributed by atoms with van der Waals surface area (Å²) in [6, 6.07) is 35.9. The van der Waals surface area contributed by atoms with E-state index in [1.165, 1.54) is 32.4 Å². The van der Waals surface area contributed by atoms with Crippen molar-refractivity contribution in [1.29, 1.82) is 0 Å². The molecule has 0 spiro atoms. The van der Waals surface area contributed by atoms with Gasteiger partial charge < -0.3 is 9.55 Å². The maximum absolute atomic E-state index is 6.06. The molecule has 1 aliphatic heterocycles. The van der Waals surface area contributed by atoms with E-state index in [-0.39, 0.29) is 6.85 Å². The molecule has 2 heterocycles. The predicted molar refractivity (Wildman–Crippen MR) is 151 cm³/mol. The number of benzene rings is 4. The third kappa shape index (κ3) is 4.29. The summed E-state index contributed by atoms with van der Waals surface area (Å²) in [6.45, 7) is 2.28. The average Bonchev–Trinajstić information content (AvgIpc) is 3.38. The smallest absolute Gasteiger partial charge is 0.320 e. The second kappa shape index (κ2) is 9.32. The summed E-state index contributed by atoms with van der Waals surface area (Å²) in [4.78, 5) is 2.43. The van der Waals surface area contributed by atoms with E-state index in [4.69, 9.17) is 4.74 Å². The van der Waals surface area contributed by atoms with E-state index in [0.717, 1.165) is 17.2 Å². The summed E-state index contributed by atoms with van der Waals surface area (Å²) < 4.78 is 7.37. The molecule has 0 aliphatic carbocycles. The molecule has 35 heavy (non-hydrogen) atoms. The molecule has 1 aliphatic rings. The summed E-state index contributed by atoms with van der Waals surface area (Å²) in [6.07, 6.45) is 4.41. The summed E-state index contributed by atoms with van der Waals surface area (Å²) in [5.74, 6) is 3.94. The van der Waals surface area contributed by atoms with E-state index in [0.29, 0.717) is 0 Å². The third-order valence-electron chi connectivity index (χ3n) is 6.43. The number of ether oxygens (including phenoxy) is 1. The number of thiophene rings is 1.